The molecule has 0 radical (unpaired) electrons. The number of aromatic carboxylic acids is 1. The smallest absolute Gasteiger partial charge is 0.336 e. The van der Waals surface area contributed by atoms with Gasteiger partial charge in [-0.2, -0.15) is 5.10 Å². The van der Waals surface area contributed by atoms with E-state index in [2.05, 4.69) is 10.4 Å². The van der Waals surface area contributed by atoms with Gasteiger partial charge in [-0.05, 0) is 45.6 Å². The molecule has 0 bridgehead atoms. The Hall–Kier alpha value is -2.44. The highest BCUT2D eigenvalue weighted by molar-refractivity contribution is 6.03. The standard InChI is InChI=1S/C18H22N4O3/c1-9(2)19-14(23)8-22-17-15(16(21-22)11-5-6-11)12(18(24)25)7-13(20-17)10-3-4-10/h7,9-11H,3-6,8H2,1-2H3,(H,19,23)(H,24,25). The lowest BCUT2D eigenvalue weighted by Gasteiger charge is -2.09. The predicted octanol–water partition coefficient (Wildman–Crippen LogP) is 2.41. The number of nitrogens with zero attached hydrogens (tertiary/aromatic N) is 3. The van der Waals surface area contributed by atoms with Crippen molar-refractivity contribution in [3.63, 3.8) is 0 Å². The lowest BCUT2D eigenvalue weighted by atomic mass is 10.1. The van der Waals surface area contributed by atoms with Crippen molar-refractivity contribution in [1.82, 2.24) is 20.1 Å². The summed E-state index contributed by atoms with van der Waals surface area (Å²) in [5.41, 5.74) is 2.38. The van der Waals surface area contributed by atoms with Gasteiger partial charge < -0.3 is 10.4 Å². The van der Waals surface area contributed by atoms with Gasteiger partial charge in [-0.3, -0.25) is 4.79 Å². The Balaban J connectivity index is 1.84. The molecular formula is C18H22N4O3. The van der Waals surface area contributed by atoms with Crippen molar-refractivity contribution in [2.75, 3.05) is 0 Å². The normalized spacial score (nSPS) is 17.2. The van der Waals surface area contributed by atoms with Gasteiger partial charge in [0.05, 0.1) is 16.6 Å². The van der Waals surface area contributed by atoms with Gasteiger partial charge in [-0.1, -0.05) is 0 Å². The number of pyridine rings is 1. The third-order valence-corrected chi connectivity index (χ3v) is 4.68. The van der Waals surface area contributed by atoms with E-state index in [1.165, 1.54) is 0 Å². The van der Waals surface area contributed by atoms with Crippen molar-refractivity contribution in [3.8, 4) is 0 Å². The summed E-state index contributed by atoms with van der Waals surface area (Å²) >= 11 is 0. The number of carboxylic acids is 1. The van der Waals surface area contributed by atoms with E-state index >= 15 is 0 Å². The molecule has 2 aromatic heterocycles. The molecule has 2 fully saturated rings. The van der Waals surface area contributed by atoms with Gasteiger partial charge >= 0.3 is 5.97 Å². The summed E-state index contributed by atoms with van der Waals surface area (Å²) in [4.78, 5) is 28.7. The summed E-state index contributed by atoms with van der Waals surface area (Å²) < 4.78 is 1.58. The van der Waals surface area contributed by atoms with Gasteiger partial charge in [0, 0.05) is 23.6 Å². The van der Waals surface area contributed by atoms with Gasteiger partial charge in [-0.25, -0.2) is 14.5 Å². The largest absolute Gasteiger partial charge is 0.478 e. The molecular weight excluding hydrogens is 320 g/mol. The van der Waals surface area contributed by atoms with Crippen LogP contribution in [0.5, 0.6) is 0 Å². The van der Waals surface area contributed by atoms with Crippen LogP contribution < -0.4 is 5.32 Å². The van der Waals surface area contributed by atoms with Crippen molar-refractivity contribution >= 4 is 22.9 Å². The van der Waals surface area contributed by atoms with Crippen LogP contribution in [0.4, 0.5) is 0 Å². The molecule has 0 atom stereocenters. The van der Waals surface area contributed by atoms with Gasteiger partial charge in [0.15, 0.2) is 5.65 Å². The SMILES string of the molecule is CC(C)NC(=O)Cn1nc(C2CC2)c2c(C(=O)O)cc(C3CC3)nc21. The first-order valence-electron chi connectivity index (χ1n) is 8.88. The molecule has 2 saturated carbocycles. The average Bonchev–Trinajstić information content (AvgIpc) is 3.43. The Morgan fingerprint density at radius 2 is 1.96 bits per heavy atom. The number of amides is 1. The van der Waals surface area contributed by atoms with Crippen molar-refractivity contribution in [2.45, 2.75) is 64.0 Å². The Morgan fingerprint density at radius 3 is 2.52 bits per heavy atom. The van der Waals surface area contributed by atoms with E-state index < -0.39 is 5.97 Å². The van der Waals surface area contributed by atoms with Crippen molar-refractivity contribution in [2.24, 2.45) is 0 Å². The maximum absolute atomic E-state index is 12.2. The van der Waals surface area contributed by atoms with Gasteiger partial charge in [0.25, 0.3) is 0 Å². The van der Waals surface area contributed by atoms with Crippen molar-refractivity contribution < 1.29 is 14.7 Å². The molecule has 0 saturated heterocycles. The maximum Gasteiger partial charge on any atom is 0.336 e. The summed E-state index contributed by atoms with van der Waals surface area (Å²) in [5.74, 6) is -0.483. The van der Waals surface area contributed by atoms with Crippen LogP contribution in [-0.4, -0.2) is 37.8 Å². The summed E-state index contributed by atoms with van der Waals surface area (Å²) in [6.07, 6.45) is 4.09. The number of carboxylic acid groups (broad SMARTS) is 1. The summed E-state index contributed by atoms with van der Waals surface area (Å²) in [5, 5.41) is 17.8. The van der Waals surface area contributed by atoms with E-state index in [9.17, 15) is 14.7 Å². The zero-order valence-corrected chi connectivity index (χ0v) is 14.5. The Labute approximate surface area is 145 Å². The molecule has 0 unspecified atom stereocenters. The molecule has 2 aromatic rings. The summed E-state index contributed by atoms with van der Waals surface area (Å²) in [7, 11) is 0. The second kappa shape index (κ2) is 5.82. The third-order valence-electron chi connectivity index (χ3n) is 4.68. The molecule has 0 aromatic carbocycles. The van der Waals surface area contributed by atoms with Crippen LogP contribution >= 0.6 is 0 Å². The summed E-state index contributed by atoms with van der Waals surface area (Å²) in [6, 6.07) is 1.75. The van der Waals surface area contributed by atoms with Crippen LogP contribution in [0.1, 0.15) is 73.1 Å². The topological polar surface area (TPSA) is 97.1 Å². The van der Waals surface area contributed by atoms with Crippen LogP contribution in [0, 0.1) is 0 Å². The van der Waals surface area contributed by atoms with Gasteiger partial charge in [0.1, 0.15) is 6.54 Å². The molecule has 0 spiro atoms. The number of hydrogen-bond donors (Lipinski definition) is 2. The first kappa shape index (κ1) is 16.1. The fourth-order valence-electron chi connectivity index (χ4n) is 3.23. The molecule has 2 N–H and O–H groups in total. The number of aromatic nitrogens is 3. The fraction of sp³-hybridized carbons (Fsp3) is 0.556. The molecule has 2 aliphatic rings. The molecule has 7 heteroatoms. The predicted molar refractivity (Wildman–Crippen MR) is 91.7 cm³/mol. The Morgan fingerprint density at radius 1 is 1.28 bits per heavy atom. The molecule has 1 amide bonds. The molecule has 0 aliphatic heterocycles. The molecule has 132 valence electrons. The van der Waals surface area contributed by atoms with Crippen LogP contribution in [0.3, 0.4) is 0 Å². The first-order chi connectivity index (χ1) is 11.9. The first-order valence-corrected chi connectivity index (χ1v) is 8.88. The number of nitrogens with one attached hydrogen (secondary N) is 1. The second-order valence-corrected chi connectivity index (χ2v) is 7.41. The highest BCUT2D eigenvalue weighted by Gasteiger charge is 2.34. The van der Waals surface area contributed by atoms with E-state index in [1.54, 1.807) is 10.7 Å². The lowest BCUT2D eigenvalue weighted by molar-refractivity contribution is -0.122. The highest BCUT2D eigenvalue weighted by atomic mass is 16.4. The number of carbonyl (C=O) groups excluding carboxylic acids is 1. The quantitative estimate of drug-likeness (QED) is 0.840. The third kappa shape index (κ3) is 3.10. The maximum atomic E-state index is 12.2. The molecule has 2 aliphatic carbocycles. The minimum absolute atomic E-state index is 0.0433. The van der Waals surface area contributed by atoms with Crippen LogP contribution in [0.15, 0.2) is 6.07 Å². The summed E-state index contributed by atoms with van der Waals surface area (Å²) in [6.45, 7) is 3.86. The van der Waals surface area contributed by atoms with Crippen molar-refractivity contribution in [3.05, 3.63) is 23.0 Å². The average molecular weight is 342 g/mol. The molecule has 25 heavy (non-hydrogen) atoms. The monoisotopic (exact) mass is 342 g/mol. The minimum Gasteiger partial charge on any atom is -0.478 e. The molecule has 7 nitrogen and oxygen atoms in total. The van der Waals surface area contributed by atoms with E-state index in [0.717, 1.165) is 37.1 Å². The van der Waals surface area contributed by atoms with Crippen molar-refractivity contribution in [1.29, 1.82) is 0 Å². The van der Waals surface area contributed by atoms with E-state index in [4.69, 9.17) is 4.98 Å². The zero-order valence-electron chi connectivity index (χ0n) is 14.5. The van der Waals surface area contributed by atoms with E-state index in [-0.39, 0.29) is 30.0 Å². The van der Waals surface area contributed by atoms with Crippen LogP contribution in [0.25, 0.3) is 11.0 Å². The second-order valence-electron chi connectivity index (χ2n) is 7.41. The highest BCUT2D eigenvalue weighted by Crippen LogP contribution is 2.45. The number of rotatable bonds is 6. The zero-order chi connectivity index (χ0) is 17.7. The number of fused-ring (bicyclic) bond motifs is 1. The number of hydrogen-bond acceptors (Lipinski definition) is 4. The Kier molecular flexibility index (Phi) is 3.74. The molecule has 2 heterocycles. The Bertz CT molecular complexity index is 863. The fourth-order valence-corrected chi connectivity index (χ4v) is 3.23. The minimum atomic E-state index is -0.956. The molecule has 4 rings (SSSR count). The van der Waals surface area contributed by atoms with E-state index in [0.29, 0.717) is 17.0 Å². The lowest BCUT2D eigenvalue weighted by Crippen LogP contribution is -2.33. The number of carbonyl (C=O) groups is 2. The van der Waals surface area contributed by atoms with Crippen LogP contribution in [-0.2, 0) is 11.3 Å². The van der Waals surface area contributed by atoms with Gasteiger partial charge in [0.2, 0.25) is 5.91 Å². The van der Waals surface area contributed by atoms with Crippen LogP contribution in [0.2, 0.25) is 0 Å². The van der Waals surface area contributed by atoms with Gasteiger partial charge in [-0.15, -0.1) is 0 Å². The van der Waals surface area contributed by atoms with E-state index in [1.807, 2.05) is 13.8 Å².